The number of β-amino-alcohol motifs (C(OH)–C–C–N with tert-alkyl or cyclic N) is 1. The third-order valence-electron chi connectivity index (χ3n) is 3.34. The molecule has 3 rings (SSSR count). The fourth-order valence-electron chi connectivity index (χ4n) is 2.23. The molecule has 0 saturated carbocycles. The first-order valence-electron chi connectivity index (χ1n) is 6.65. The van der Waals surface area contributed by atoms with Crippen LogP contribution in [0, 0.1) is 6.92 Å². The van der Waals surface area contributed by atoms with Crippen molar-refractivity contribution in [3.05, 3.63) is 41.5 Å². The Kier molecular flexibility index (Phi) is 4.05. The number of aliphatic hydroxyl groups is 1. The van der Waals surface area contributed by atoms with Crippen LogP contribution in [0.15, 0.2) is 33.7 Å². The Morgan fingerprint density at radius 3 is 3.05 bits per heavy atom. The lowest BCUT2D eigenvalue weighted by molar-refractivity contribution is 0.191. The predicted molar refractivity (Wildman–Crippen MR) is 76.4 cm³/mol. The lowest BCUT2D eigenvalue weighted by Gasteiger charge is -2.02. The van der Waals surface area contributed by atoms with Gasteiger partial charge in [0.05, 0.1) is 17.9 Å². The quantitative estimate of drug-likeness (QED) is 0.840. The van der Waals surface area contributed by atoms with Gasteiger partial charge in [0, 0.05) is 11.4 Å². The molecule has 2 aromatic rings. The standard InChI is InChI=1S/C14H17N3O2S/c1-9-4-2-3-5-12(9)20-8-13-16-14(19-17-13)11-6-10(18)7-15-11/h2-5,10-11,15,18H,6-8H2,1H3. The van der Waals surface area contributed by atoms with Gasteiger partial charge in [-0.3, -0.25) is 0 Å². The summed E-state index contributed by atoms with van der Waals surface area (Å²) in [6.45, 7) is 2.67. The summed E-state index contributed by atoms with van der Waals surface area (Å²) in [5.74, 6) is 1.95. The van der Waals surface area contributed by atoms with Crippen LogP contribution in [-0.4, -0.2) is 27.9 Å². The number of aliphatic hydroxyl groups excluding tert-OH is 1. The van der Waals surface area contributed by atoms with Crippen molar-refractivity contribution in [1.29, 1.82) is 0 Å². The molecule has 2 heterocycles. The van der Waals surface area contributed by atoms with Gasteiger partial charge in [0.1, 0.15) is 0 Å². The molecule has 0 spiro atoms. The number of thioether (sulfide) groups is 1. The predicted octanol–water partition coefficient (Wildman–Crippen LogP) is 2.07. The molecular weight excluding hydrogens is 274 g/mol. The second-order valence-electron chi connectivity index (χ2n) is 4.95. The highest BCUT2D eigenvalue weighted by Gasteiger charge is 2.27. The summed E-state index contributed by atoms with van der Waals surface area (Å²) in [5.41, 5.74) is 1.25. The Balaban J connectivity index is 1.62. The molecule has 2 atom stereocenters. The number of hydrogen-bond acceptors (Lipinski definition) is 6. The number of hydrogen-bond donors (Lipinski definition) is 2. The summed E-state index contributed by atoms with van der Waals surface area (Å²) in [5, 5.41) is 16.7. The largest absolute Gasteiger partial charge is 0.392 e. The van der Waals surface area contributed by atoms with Gasteiger partial charge in [0.15, 0.2) is 5.82 Å². The molecule has 20 heavy (non-hydrogen) atoms. The van der Waals surface area contributed by atoms with Gasteiger partial charge in [-0.05, 0) is 25.0 Å². The zero-order valence-corrected chi connectivity index (χ0v) is 12.1. The highest BCUT2D eigenvalue weighted by atomic mass is 32.2. The van der Waals surface area contributed by atoms with Crippen molar-refractivity contribution in [1.82, 2.24) is 15.5 Å². The molecule has 0 bridgehead atoms. The summed E-state index contributed by atoms with van der Waals surface area (Å²) in [6, 6.07) is 8.22. The van der Waals surface area contributed by atoms with Crippen molar-refractivity contribution < 1.29 is 9.63 Å². The van der Waals surface area contributed by atoms with Gasteiger partial charge in [0.2, 0.25) is 5.89 Å². The molecule has 0 amide bonds. The molecule has 1 saturated heterocycles. The van der Waals surface area contributed by atoms with Gasteiger partial charge in [-0.15, -0.1) is 11.8 Å². The summed E-state index contributed by atoms with van der Waals surface area (Å²) >= 11 is 1.70. The number of aryl methyl sites for hydroxylation is 1. The van der Waals surface area contributed by atoms with E-state index in [4.69, 9.17) is 4.52 Å². The summed E-state index contributed by atoms with van der Waals surface area (Å²) in [6.07, 6.45) is 0.309. The lowest BCUT2D eigenvalue weighted by atomic mass is 10.2. The highest BCUT2D eigenvalue weighted by molar-refractivity contribution is 7.98. The van der Waals surface area contributed by atoms with E-state index in [1.807, 2.05) is 12.1 Å². The van der Waals surface area contributed by atoms with E-state index in [0.29, 0.717) is 30.4 Å². The first-order valence-corrected chi connectivity index (χ1v) is 7.63. The highest BCUT2D eigenvalue weighted by Crippen LogP contribution is 2.26. The number of rotatable bonds is 4. The molecule has 1 aliphatic heterocycles. The van der Waals surface area contributed by atoms with E-state index in [1.54, 1.807) is 11.8 Å². The fourth-order valence-corrected chi connectivity index (χ4v) is 3.11. The van der Waals surface area contributed by atoms with Gasteiger partial charge in [0.25, 0.3) is 0 Å². The summed E-state index contributed by atoms with van der Waals surface area (Å²) in [4.78, 5) is 5.63. The molecule has 5 nitrogen and oxygen atoms in total. The van der Waals surface area contributed by atoms with E-state index < -0.39 is 0 Å². The van der Waals surface area contributed by atoms with Gasteiger partial charge < -0.3 is 14.9 Å². The topological polar surface area (TPSA) is 71.2 Å². The summed E-state index contributed by atoms with van der Waals surface area (Å²) < 4.78 is 5.27. The van der Waals surface area contributed by atoms with Crippen molar-refractivity contribution in [2.24, 2.45) is 0 Å². The van der Waals surface area contributed by atoms with Crippen molar-refractivity contribution >= 4 is 11.8 Å². The molecule has 0 aliphatic carbocycles. The minimum Gasteiger partial charge on any atom is -0.392 e. The Morgan fingerprint density at radius 1 is 1.45 bits per heavy atom. The number of benzene rings is 1. The molecule has 0 radical (unpaired) electrons. The smallest absolute Gasteiger partial charge is 0.243 e. The Bertz CT molecular complexity index is 587. The molecule has 106 valence electrons. The third-order valence-corrected chi connectivity index (χ3v) is 4.51. The number of aromatic nitrogens is 2. The van der Waals surface area contributed by atoms with E-state index in [9.17, 15) is 5.11 Å². The minimum atomic E-state index is -0.323. The first kappa shape index (κ1) is 13.6. The maximum absolute atomic E-state index is 9.49. The van der Waals surface area contributed by atoms with E-state index in [1.165, 1.54) is 10.5 Å². The zero-order valence-electron chi connectivity index (χ0n) is 11.2. The minimum absolute atomic E-state index is 0.0188. The van der Waals surface area contributed by atoms with Crippen LogP contribution in [0.1, 0.15) is 29.7 Å². The van der Waals surface area contributed by atoms with Crippen LogP contribution in [0.5, 0.6) is 0 Å². The van der Waals surface area contributed by atoms with Crippen molar-refractivity contribution in [3.63, 3.8) is 0 Å². The molecule has 1 aliphatic rings. The number of nitrogens with zero attached hydrogens (tertiary/aromatic N) is 2. The van der Waals surface area contributed by atoms with Crippen molar-refractivity contribution in [2.75, 3.05) is 6.54 Å². The molecule has 1 fully saturated rings. The van der Waals surface area contributed by atoms with E-state index in [2.05, 4.69) is 34.5 Å². The van der Waals surface area contributed by atoms with Gasteiger partial charge in [-0.25, -0.2) is 0 Å². The maximum Gasteiger partial charge on any atom is 0.243 e. The number of nitrogens with one attached hydrogen (secondary N) is 1. The van der Waals surface area contributed by atoms with Gasteiger partial charge in [-0.2, -0.15) is 4.98 Å². The molecule has 1 aromatic heterocycles. The Labute approximate surface area is 121 Å². The van der Waals surface area contributed by atoms with Crippen molar-refractivity contribution in [2.45, 2.75) is 36.1 Å². The molecule has 6 heteroatoms. The second-order valence-corrected chi connectivity index (χ2v) is 5.97. The molecule has 2 unspecified atom stereocenters. The van der Waals surface area contributed by atoms with Crippen molar-refractivity contribution in [3.8, 4) is 0 Å². The normalized spacial score (nSPS) is 22.3. The van der Waals surface area contributed by atoms with E-state index in [-0.39, 0.29) is 12.1 Å². The zero-order chi connectivity index (χ0) is 13.9. The van der Waals surface area contributed by atoms with Crippen LogP contribution < -0.4 is 5.32 Å². The van der Waals surface area contributed by atoms with Crippen LogP contribution in [0.3, 0.4) is 0 Å². The van der Waals surface area contributed by atoms with E-state index >= 15 is 0 Å². The van der Waals surface area contributed by atoms with Crippen LogP contribution >= 0.6 is 11.8 Å². The van der Waals surface area contributed by atoms with Gasteiger partial charge >= 0.3 is 0 Å². The molecular formula is C14H17N3O2S. The monoisotopic (exact) mass is 291 g/mol. The first-order chi connectivity index (χ1) is 9.72. The van der Waals surface area contributed by atoms with Crippen LogP contribution in [0.2, 0.25) is 0 Å². The Morgan fingerprint density at radius 2 is 2.30 bits per heavy atom. The fraction of sp³-hybridized carbons (Fsp3) is 0.429. The van der Waals surface area contributed by atoms with Crippen LogP contribution in [-0.2, 0) is 5.75 Å². The second kappa shape index (κ2) is 5.95. The third kappa shape index (κ3) is 3.03. The maximum atomic E-state index is 9.49. The van der Waals surface area contributed by atoms with Gasteiger partial charge in [-0.1, -0.05) is 23.4 Å². The van der Waals surface area contributed by atoms with E-state index in [0.717, 1.165) is 0 Å². The Hall–Kier alpha value is -1.37. The average molecular weight is 291 g/mol. The SMILES string of the molecule is Cc1ccccc1SCc1noc(C2CC(O)CN2)n1. The average Bonchev–Trinajstić information content (AvgIpc) is 3.06. The molecule has 1 aromatic carbocycles. The molecule has 2 N–H and O–H groups in total. The lowest BCUT2D eigenvalue weighted by Crippen LogP contribution is -2.15. The van der Waals surface area contributed by atoms with Crippen LogP contribution in [0.4, 0.5) is 0 Å². The van der Waals surface area contributed by atoms with Crippen LogP contribution in [0.25, 0.3) is 0 Å². The summed E-state index contributed by atoms with van der Waals surface area (Å²) in [7, 11) is 0.